The second-order valence-electron chi connectivity index (χ2n) is 8.49. The van der Waals surface area contributed by atoms with Gasteiger partial charge in [0.2, 0.25) is 5.43 Å². The van der Waals surface area contributed by atoms with Gasteiger partial charge in [-0.3, -0.25) is 19.3 Å². The molecule has 1 amide bonds. The van der Waals surface area contributed by atoms with Crippen LogP contribution in [-0.2, 0) is 5.75 Å². The molecule has 1 aromatic heterocycles. The van der Waals surface area contributed by atoms with Gasteiger partial charge in [-0.15, -0.1) is 11.8 Å². The average molecular weight is 540 g/mol. The van der Waals surface area contributed by atoms with E-state index in [1.54, 1.807) is 24.3 Å². The molecule has 3 heterocycles. The Morgan fingerprint density at radius 1 is 1.14 bits per heavy atom. The lowest BCUT2D eigenvalue weighted by molar-refractivity contribution is -0.173. The molecule has 6 nitrogen and oxygen atoms in total. The molecule has 0 aliphatic carbocycles. The Morgan fingerprint density at radius 3 is 2.61 bits per heavy atom. The molecule has 12 heteroatoms. The fraction of sp³-hybridized carbons (Fsp3) is 0.250. The number of hydrogen-bond acceptors (Lipinski definition) is 5. The van der Waals surface area contributed by atoms with E-state index in [9.17, 15) is 32.3 Å². The number of rotatable bonds is 2. The van der Waals surface area contributed by atoms with Crippen LogP contribution in [0.5, 0.6) is 5.75 Å². The summed E-state index contributed by atoms with van der Waals surface area (Å²) >= 11 is 7.44. The van der Waals surface area contributed by atoms with Crippen molar-refractivity contribution >= 4 is 29.3 Å². The fourth-order valence-corrected chi connectivity index (χ4v) is 5.83. The molecule has 188 valence electrons. The number of pyridine rings is 1. The third-order valence-corrected chi connectivity index (χ3v) is 7.80. The van der Waals surface area contributed by atoms with E-state index in [-0.39, 0.29) is 0 Å². The highest BCUT2D eigenvalue weighted by Gasteiger charge is 2.47. The summed E-state index contributed by atoms with van der Waals surface area (Å²) in [6.07, 6.45) is -3.56. The van der Waals surface area contributed by atoms with E-state index in [0.717, 1.165) is 18.6 Å². The van der Waals surface area contributed by atoms with Crippen molar-refractivity contribution in [1.29, 1.82) is 0 Å². The summed E-state index contributed by atoms with van der Waals surface area (Å²) in [5.41, 5.74) is 0.307. The molecule has 36 heavy (non-hydrogen) atoms. The molecule has 2 aliphatic rings. The van der Waals surface area contributed by atoms with Crippen molar-refractivity contribution in [2.45, 2.75) is 35.8 Å². The Bertz CT molecular complexity index is 1450. The third-order valence-electron chi connectivity index (χ3n) is 6.39. The minimum atomic E-state index is -4.77. The standard InChI is InChI=1S/C24H18ClF4N3O3S/c1-12(24(27,28)29)30-11-32(31-8-7-18(33)21(34)20(31)23(30)35)19-15-6-5-14(25)9-13(15)10-36-22-16(19)3-2-4-17(22)26/h2-9,12,19,34H,10-11H2,1H3/t12-,19+/m1/s1. The van der Waals surface area contributed by atoms with Gasteiger partial charge in [0.15, 0.2) is 11.4 Å². The smallest absolute Gasteiger partial charge is 0.408 e. The summed E-state index contributed by atoms with van der Waals surface area (Å²) in [6.45, 7) is 0.274. The van der Waals surface area contributed by atoms with Crippen molar-refractivity contribution in [1.82, 2.24) is 9.58 Å². The quantitative estimate of drug-likeness (QED) is 0.462. The van der Waals surface area contributed by atoms with E-state index in [1.165, 1.54) is 39.8 Å². The van der Waals surface area contributed by atoms with Crippen LogP contribution >= 0.6 is 23.4 Å². The van der Waals surface area contributed by atoms with Crippen LogP contribution in [-0.4, -0.2) is 39.5 Å². The highest BCUT2D eigenvalue weighted by Crippen LogP contribution is 2.45. The number of halogens is 5. The molecule has 0 unspecified atom stereocenters. The van der Waals surface area contributed by atoms with Crippen LogP contribution in [0.4, 0.5) is 17.6 Å². The first-order chi connectivity index (χ1) is 17.0. The van der Waals surface area contributed by atoms with Crippen molar-refractivity contribution in [2.24, 2.45) is 0 Å². The maximum Gasteiger partial charge on any atom is 0.408 e. The van der Waals surface area contributed by atoms with Gasteiger partial charge in [-0.1, -0.05) is 29.8 Å². The van der Waals surface area contributed by atoms with E-state index in [2.05, 4.69) is 0 Å². The number of alkyl halides is 3. The molecule has 0 saturated carbocycles. The number of nitrogens with zero attached hydrogens (tertiary/aromatic N) is 3. The van der Waals surface area contributed by atoms with E-state index in [1.807, 2.05) is 0 Å². The van der Waals surface area contributed by atoms with Crippen molar-refractivity contribution in [3.05, 3.63) is 92.1 Å². The average Bonchev–Trinajstić information content (AvgIpc) is 2.98. The number of carbonyl (C=O) groups is 1. The van der Waals surface area contributed by atoms with Gasteiger partial charge in [0.05, 0.1) is 6.04 Å². The number of thioether (sulfide) groups is 1. The first-order valence-electron chi connectivity index (χ1n) is 10.8. The van der Waals surface area contributed by atoms with Gasteiger partial charge in [0.1, 0.15) is 18.5 Å². The lowest BCUT2D eigenvalue weighted by atomic mass is 9.94. The van der Waals surface area contributed by atoms with Gasteiger partial charge in [-0.05, 0) is 41.8 Å². The van der Waals surface area contributed by atoms with Crippen molar-refractivity contribution in [3.63, 3.8) is 0 Å². The van der Waals surface area contributed by atoms with Gasteiger partial charge in [0.25, 0.3) is 5.91 Å². The summed E-state index contributed by atoms with van der Waals surface area (Å²) in [7, 11) is 0. The Labute approximate surface area is 211 Å². The van der Waals surface area contributed by atoms with E-state index >= 15 is 0 Å². The number of benzene rings is 2. The topological polar surface area (TPSA) is 65.8 Å². The van der Waals surface area contributed by atoms with Crippen LogP contribution in [0.2, 0.25) is 5.02 Å². The molecular formula is C24H18ClF4N3O3S. The second kappa shape index (κ2) is 8.74. The zero-order valence-corrected chi connectivity index (χ0v) is 20.2. The normalized spacial score (nSPS) is 18.3. The highest BCUT2D eigenvalue weighted by atomic mass is 35.5. The number of aromatic nitrogens is 1. The SMILES string of the molecule is C[C@@H](N1CN([C@H]2c3ccc(Cl)cc3CSc3c(F)cccc32)n2ccc(=O)c(O)c2C1=O)C(F)(F)F. The lowest BCUT2D eigenvalue weighted by Gasteiger charge is -2.46. The largest absolute Gasteiger partial charge is 0.502 e. The Kier molecular flexibility index (Phi) is 5.95. The minimum Gasteiger partial charge on any atom is -0.502 e. The summed E-state index contributed by atoms with van der Waals surface area (Å²) < 4.78 is 57.4. The first kappa shape index (κ1) is 24.5. The molecule has 2 aromatic carbocycles. The third kappa shape index (κ3) is 3.90. The summed E-state index contributed by atoms with van der Waals surface area (Å²) in [6, 6.07) is 7.39. The molecule has 2 atom stereocenters. The van der Waals surface area contributed by atoms with Crippen molar-refractivity contribution in [2.75, 3.05) is 11.7 Å². The Balaban J connectivity index is 1.80. The minimum absolute atomic E-state index is 0.300. The van der Waals surface area contributed by atoms with Crippen LogP contribution in [0.1, 0.15) is 40.1 Å². The molecule has 0 fully saturated rings. The number of amides is 1. The monoisotopic (exact) mass is 539 g/mol. The number of fused-ring (bicyclic) bond motifs is 3. The molecule has 0 saturated heterocycles. The van der Waals surface area contributed by atoms with Crippen LogP contribution in [0.25, 0.3) is 0 Å². The second-order valence-corrected chi connectivity index (χ2v) is 9.91. The predicted molar refractivity (Wildman–Crippen MR) is 126 cm³/mol. The molecule has 0 bridgehead atoms. The Hall–Kier alpha value is -3.18. The maximum absolute atomic E-state index is 15.0. The van der Waals surface area contributed by atoms with Gasteiger partial charge in [0, 0.05) is 27.9 Å². The number of carbonyl (C=O) groups excluding carboxylic acids is 1. The summed E-state index contributed by atoms with van der Waals surface area (Å²) in [4.78, 5) is 26.2. The van der Waals surface area contributed by atoms with Crippen molar-refractivity contribution in [3.8, 4) is 5.75 Å². The van der Waals surface area contributed by atoms with Crippen LogP contribution in [0, 0.1) is 5.82 Å². The predicted octanol–water partition coefficient (Wildman–Crippen LogP) is 5.04. The molecule has 0 spiro atoms. The molecule has 2 aliphatic heterocycles. The molecular weight excluding hydrogens is 522 g/mol. The lowest BCUT2D eigenvalue weighted by Crippen LogP contribution is -2.60. The molecule has 1 N–H and O–H groups in total. The van der Waals surface area contributed by atoms with Crippen LogP contribution in [0.3, 0.4) is 0 Å². The summed E-state index contributed by atoms with van der Waals surface area (Å²) in [5.74, 6) is -2.27. The van der Waals surface area contributed by atoms with E-state index in [0.29, 0.717) is 31.7 Å². The Morgan fingerprint density at radius 2 is 1.89 bits per heavy atom. The number of hydrogen-bond donors (Lipinski definition) is 1. The molecule has 5 rings (SSSR count). The summed E-state index contributed by atoms with van der Waals surface area (Å²) in [5, 5.41) is 12.3. The zero-order valence-electron chi connectivity index (χ0n) is 18.6. The maximum atomic E-state index is 15.0. The van der Waals surface area contributed by atoms with Crippen LogP contribution < -0.4 is 10.4 Å². The molecule has 3 aromatic rings. The van der Waals surface area contributed by atoms with Gasteiger partial charge in [-0.25, -0.2) is 4.39 Å². The van der Waals surface area contributed by atoms with Gasteiger partial charge >= 0.3 is 6.18 Å². The zero-order chi connectivity index (χ0) is 25.9. The fourth-order valence-electron chi connectivity index (χ4n) is 4.53. The van der Waals surface area contributed by atoms with E-state index in [4.69, 9.17) is 11.6 Å². The number of aromatic hydroxyl groups is 1. The first-order valence-corrected chi connectivity index (χ1v) is 12.1. The van der Waals surface area contributed by atoms with Gasteiger partial charge < -0.3 is 10.0 Å². The van der Waals surface area contributed by atoms with Crippen LogP contribution in [0.15, 0.2) is 58.4 Å². The van der Waals surface area contributed by atoms with E-state index < -0.39 is 53.5 Å². The van der Waals surface area contributed by atoms with Crippen molar-refractivity contribution < 1.29 is 27.5 Å². The highest BCUT2D eigenvalue weighted by molar-refractivity contribution is 7.98. The molecule has 0 radical (unpaired) electrons. The van der Waals surface area contributed by atoms with Gasteiger partial charge in [-0.2, -0.15) is 13.2 Å².